The molecule has 1 atom stereocenters. The van der Waals surface area contributed by atoms with Crippen molar-refractivity contribution in [3.63, 3.8) is 0 Å². The maximum absolute atomic E-state index is 10.1. The van der Waals surface area contributed by atoms with Crippen LogP contribution in [0, 0.1) is 0 Å². The second kappa shape index (κ2) is 6.60. The van der Waals surface area contributed by atoms with Gasteiger partial charge in [0, 0.05) is 30.6 Å². The minimum absolute atomic E-state index is 0.396. The van der Waals surface area contributed by atoms with Crippen LogP contribution in [0.2, 0.25) is 4.34 Å². The van der Waals surface area contributed by atoms with Crippen molar-refractivity contribution in [2.24, 2.45) is 0 Å². The highest BCUT2D eigenvalue weighted by atomic mass is 35.5. The molecule has 1 saturated heterocycles. The van der Waals surface area contributed by atoms with Crippen molar-refractivity contribution in [2.45, 2.75) is 18.9 Å². The van der Waals surface area contributed by atoms with Crippen LogP contribution >= 0.6 is 22.9 Å². The molecule has 0 saturated carbocycles. The molecular weight excluding hydrogens is 308 g/mol. The van der Waals surface area contributed by atoms with Crippen LogP contribution in [0.3, 0.4) is 0 Å². The molecule has 0 radical (unpaired) electrons. The first kappa shape index (κ1) is 14.6. The highest BCUT2D eigenvalue weighted by molar-refractivity contribution is 7.16. The quantitative estimate of drug-likeness (QED) is 0.885. The van der Waals surface area contributed by atoms with Crippen molar-refractivity contribution < 1.29 is 5.11 Å². The molecule has 7 heteroatoms. The molecule has 2 aromatic heterocycles. The van der Waals surface area contributed by atoms with Gasteiger partial charge in [-0.05, 0) is 25.0 Å². The SMILES string of the molecule is O[C@H](CNc1cc(N2CCCC2)ncn1)c1ccc(Cl)s1. The Labute approximate surface area is 132 Å². The first-order valence-electron chi connectivity index (χ1n) is 6.96. The van der Waals surface area contributed by atoms with Gasteiger partial charge in [-0.1, -0.05) is 11.6 Å². The number of aliphatic hydroxyl groups is 1. The molecule has 0 spiro atoms. The van der Waals surface area contributed by atoms with Gasteiger partial charge in [-0.2, -0.15) is 0 Å². The van der Waals surface area contributed by atoms with Gasteiger partial charge in [0.1, 0.15) is 24.1 Å². The number of hydrogen-bond acceptors (Lipinski definition) is 6. The number of rotatable bonds is 5. The number of anilines is 2. The van der Waals surface area contributed by atoms with E-state index in [0.29, 0.717) is 10.9 Å². The molecule has 1 fully saturated rings. The second-order valence-electron chi connectivity index (χ2n) is 4.99. The summed E-state index contributed by atoms with van der Waals surface area (Å²) in [6, 6.07) is 5.56. The van der Waals surface area contributed by atoms with E-state index in [1.165, 1.54) is 24.2 Å². The maximum atomic E-state index is 10.1. The van der Waals surface area contributed by atoms with Crippen LogP contribution in [0.25, 0.3) is 0 Å². The van der Waals surface area contributed by atoms with Crippen molar-refractivity contribution in [1.29, 1.82) is 0 Å². The fourth-order valence-electron chi connectivity index (χ4n) is 2.37. The molecule has 0 amide bonds. The molecule has 1 aliphatic rings. The van der Waals surface area contributed by atoms with E-state index in [1.807, 2.05) is 12.1 Å². The molecule has 0 aliphatic carbocycles. The number of nitrogens with zero attached hydrogens (tertiary/aromatic N) is 3. The average Bonchev–Trinajstić information content (AvgIpc) is 3.16. The Morgan fingerprint density at radius 1 is 1.33 bits per heavy atom. The molecule has 3 heterocycles. The topological polar surface area (TPSA) is 61.3 Å². The summed E-state index contributed by atoms with van der Waals surface area (Å²) in [5.41, 5.74) is 0. The van der Waals surface area contributed by atoms with Crippen molar-refractivity contribution in [2.75, 3.05) is 29.9 Å². The van der Waals surface area contributed by atoms with Crippen molar-refractivity contribution in [3.05, 3.63) is 33.7 Å². The van der Waals surface area contributed by atoms with E-state index in [0.717, 1.165) is 29.6 Å². The van der Waals surface area contributed by atoms with E-state index in [1.54, 1.807) is 12.4 Å². The minimum atomic E-state index is -0.590. The Balaban J connectivity index is 1.61. The average molecular weight is 325 g/mol. The lowest BCUT2D eigenvalue weighted by Crippen LogP contribution is -2.19. The summed E-state index contributed by atoms with van der Waals surface area (Å²) in [7, 11) is 0. The van der Waals surface area contributed by atoms with Crippen LogP contribution in [0.4, 0.5) is 11.6 Å². The van der Waals surface area contributed by atoms with E-state index >= 15 is 0 Å². The Kier molecular flexibility index (Phi) is 4.57. The fraction of sp³-hybridized carbons (Fsp3) is 0.429. The van der Waals surface area contributed by atoms with Crippen LogP contribution in [0.15, 0.2) is 24.5 Å². The monoisotopic (exact) mass is 324 g/mol. The zero-order chi connectivity index (χ0) is 14.7. The maximum Gasteiger partial charge on any atom is 0.134 e. The first-order chi connectivity index (χ1) is 10.2. The molecule has 0 bridgehead atoms. The van der Waals surface area contributed by atoms with Crippen LogP contribution < -0.4 is 10.2 Å². The number of aliphatic hydroxyl groups excluding tert-OH is 1. The highest BCUT2D eigenvalue weighted by Crippen LogP contribution is 2.27. The lowest BCUT2D eigenvalue weighted by Gasteiger charge is -2.17. The molecule has 2 N–H and O–H groups in total. The van der Waals surface area contributed by atoms with Gasteiger partial charge in [0.05, 0.1) is 4.34 Å². The summed E-state index contributed by atoms with van der Waals surface area (Å²) >= 11 is 7.26. The molecule has 5 nitrogen and oxygen atoms in total. The van der Waals surface area contributed by atoms with Crippen LogP contribution in [-0.4, -0.2) is 34.7 Å². The molecule has 2 aromatic rings. The summed E-state index contributed by atoms with van der Waals surface area (Å²) in [4.78, 5) is 11.6. The summed E-state index contributed by atoms with van der Waals surface area (Å²) in [6.45, 7) is 2.49. The molecule has 0 aromatic carbocycles. The Bertz CT molecular complexity index is 600. The molecular formula is C14H17ClN4OS. The standard InChI is InChI=1S/C14H17ClN4OS/c15-12-4-3-11(21-12)10(20)8-16-13-7-14(18-9-17-13)19-5-1-2-6-19/h3-4,7,9-10,20H,1-2,5-6,8H2,(H,16,17,18)/t10-/m1/s1. The van der Waals surface area contributed by atoms with Gasteiger partial charge in [0.2, 0.25) is 0 Å². The third kappa shape index (κ3) is 3.64. The number of aromatic nitrogens is 2. The van der Waals surface area contributed by atoms with Gasteiger partial charge >= 0.3 is 0 Å². The van der Waals surface area contributed by atoms with Crippen molar-refractivity contribution in [3.8, 4) is 0 Å². The summed E-state index contributed by atoms with van der Waals surface area (Å²) in [5.74, 6) is 1.67. The number of thiophene rings is 1. The molecule has 0 unspecified atom stereocenters. The van der Waals surface area contributed by atoms with Gasteiger partial charge in [-0.15, -0.1) is 11.3 Å². The summed E-state index contributed by atoms with van der Waals surface area (Å²) in [6.07, 6.45) is 3.40. The molecule has 3 rings (SSSR count). The minimum Gasteiger partial charge on any atom is -0.386 e. The smallest absolute Gasteiger partial charge is 0.134 e. The van der Waals surface area contributed by atoms with E-state index in [4.69, 9.17) is 11.6 Å². The summed E-state index contributed by atoms with van der Waals surface area (Å²) < 4.78 is 0.683. The van der Waals surface area contributed by atoms with Gasteiger partial charge in [0.25, 0.3) is 0 Å². The predicted molar refractivity (Wildman–Crippen MR) is 86.3 cm³/mol. The third-order valence-electron chi connectivity index (χ3n) is 3.48. The fourth-order valence-corrected chi connectivity index (χ4v) is 3.42. The number of nitrogens with one attached hydrogen (secondary N) is 1. The summed E-state index contributed by atoms with van der Waals surface area (Å²) in [5, 5.41) is 13.3. The largest absolute Gasteiger partial charge is 0.386 e. The van der Waals surface area contributed by atoms with Gasteiger partial charge in [0.15, 0.2) is 0 Å². The molecule has 1 aliphatic heterocycles. The highest BCUT2D eigenvalue weighted by Gasteiger charge is 2.15. The van der Waals surface area contributed by atoms with Crippen molar-refractivity contribution in [1.82, 2.24) is 9.97 Å². The lowest BCUT2D eigenvalue weighted by atomic mass is 10.3. The number of halogens is 1. The Hall–Kier alpha value is -1.37. The van der Waals surface area contributed by atoms with Gasteiger partial charge in [-0.25, -0.2) is 9.97 Å². The zero-order valence-corrected chi connectivity index (χ0v) is 13.1. The van der Waals surface area contributed by atoms with E-state index < -0.39 is 6.10 Å². The normalized spacial score (nSPS) is 16.2. The van der Waals surface area contributed by atoms with Crippen LogP contribution in [0.1, 0.15) is 23.8 Å². The van der Waals surface area contributed by atoms with E-state index in [9.17, 15) is 5.11 Å². The van der Waals surface area contributed by atoms with Crippen LogP contribution in [-0.2, 0) is 0 Å². The zero-order valence-electron chi connectivity index (χ0n) is 11.5. The predicted octanol–water partition coefficient (Wildman–Crippen LogP) is 2.94. The van der Waals surface area contributed by atoms with Gasteiger partial charge < -0.3 is 15.3 Å². The Morgan fingerprint density at radius 2 is 2.14 bits per heavy atom. The lowest BCUT2D eigenvalue weighted by molar-refractivity contribution is 0.195. The molecule has 112 valence electrons. The van der Waals surface area contributed by atoms with E-state index in [2.05, 4.69) is 20.2 Å². The first-order valence-corrected chi connectivity index (χ1v) is 8.16. The Morgan fingerprint density at radius 3 is 2.86 bits per heavy atom. The van der Waals surface area contributed by atoms with Crippen LogP contribution in [0.5, 0.6) is 0 Å². The number of hydrogen-bond donors (Lipinski definition) is 2. The second-order valence-corrected chi connectivity index (χ2v) is 6.74. The van der Waals surface area contributed by atoms with Crippen molar-refractivity contribution >= 4 is 34.6 Å². The molecule has 21 heavy (non-hydrogen) atoms. The van der Waals surface area contributed by atoms with Gasteiger partial charge in [-0.3, -0.25) is 0 Å². The van der Waals surface area contributed by atoms with E-state index in [-0.39, 0.29) is 0 Å². The third-order valence-corrected chi connectivity index (χ3v) is 4.81.